The van der Waals surface area contributed by atoms with Crippen molar-refractivity contribution in [3.8, 4) is 0 Å². The Morgan fingerprint density at radius 2 is 2.28 bits per heavy atom. The van der Waals surface area contributed by atoms with Crippen LogP contribution in [0.5, 0.6) is 0 Å². The van der Waals surface area contributed by atoms with E-state index in [1.54, 1.807) is 6.07 Å². The fourth-order valence-electron chi connectivity index (χ4n) is 2.39. The van der Waals surface area contributed by atoms with Crippen LogP contribution < -0.4 is 5.32 Å². The summed E-state index contributed by atoms with van der Waals surface area (Å²) in [5.74, 6) is 1.47. The van der Waals surface area contributed by atoms with Gasteiger partial charge in [-0.3, -0.25) is 10.1 Å². The highest BCUT2D eigenvalue weighted by Gasteiger charge is 2.25. The zero-order valence-corrected chi connectivity index (χ0v) is 10.0. The van der Waals surface area contributed by atoms with Crippen LogP contribution in [0, 0.1) is 16.0 Å². The highest BCUT2D eigenvalue weighted by atomic mass is 16.6. The van der Waals surface area contributed by atoms with Gasteiger partial charge in [0.1, 0.15) is 0 Å². The average molecular weight is 246 g/mol. The summed E-state index contributed by atoms with van der Waals surface area (Å²) < 4.78 is 0. The maximum atomic E-state index is 10.7. The molecule has 0 unspecified atom stereocenters. The molecule has 0 spiro atoms. The molecule has 1 fully saturated rings. The van der Waals surface area contributed by atoms with Crippen molar-refractivity contribution in [1.29, 1.82) is 0 Å². The van der Waals surface area contributed by atoms with Crippen molar-refractivity contribution in [2.45, 2.75) is 25.8 Å². The first-order valence-corrected chi connectivity index (χ1v) is 6.02. The van der Waals surface area contributed by atoms with Gasteiger partial charge >= 0.3 is 0 Å². The summed E-state index contributed by atoms with van der Waals surface area (Å²) in [6.45, 7) is 2.22. The molecule has 1 saturated carbocycles. The van der Waals surface area contributed by atoms with Crippen LogP contribution in [0.15, 0.2) is 18.2 Å². The van der Waals surface area contributed by atoms with Gasteiger partial charge in [-0.25, -0.2) is 4.98 Å². The van der Waals surface area contributed by atoms with Crippen LogP contribution in [-0.4, -0.2) is 20.9 Å². The van der Waals surface area contributed by atoms with E-state index in [0.29, 0.717) is 17.5 Å². The molecule has 0 radical (unpaired) electrons. The Bertz CT molecular complexity index is 601. The second-order valence-corrected chi connectivity index (χ2v) is 4.96. The normalized spacial score (nSPS) is 22.7. The molecule has 1 aromatic carbocycles. The van der Waals surface area contributed by atoms with Crippen LogP contribution >= 0.6 is 0 Å². The number of nitrogens with zero attached hydrogens (tertiary/aromatic N) is 2. The molecule has 1 heterocycles. The number of nitrogens with one attached hydrogen (secondary N) is 2. The molecule has 94 valence electrons. The molecule has 2 N–H and O–H groups in total. The monoisotopic (exact) mass is 246 g/mol. The smallest absolute Gasteiger partial charge is 0.271 e. The van der Waals surface area contributed by atoms with Crippen LogP contribution in [0.2, 0.25) is 0 Å². The van der Waals surface area contributed by atoms with Crippen LogP contribution in [0.25, 0.3) is 11.0 Å². The Labute approximate surface area is 104 Å². The van der Waals surface area contributed by atoms with E-state index in [9.17, 15) is 10.1 Å². The van der Waals surface area contributed by atoms with E-state index in [0.717, 1.165) is 24.3 Å². The second kappa shape index (κ2) is 3.97. The van der Waals surface area contributed by atoms with Gasteiger partial charge in [0, 0.05) is 18.2 Å². The number of imidazole rings is 1. The Morgan fingerprint density at radius 3 is 2.94 bits per heavy atom. The van der Waals surface area contributed by atoms with Crippen molar-refractivity contribution in [3.63, 3.8) is 0 Å². The molecule has 2 aromatic rings. The molecule has 1 aliphatic carbocycles. The number of nitro benzene ring substituents is 1. The van der Waals surface area contributed by atoms with Crippen LogP contribution in [-0.2, 0) is 0 Å². The molecule has 6 nitrogen and oxygen atoms in total. The molecule has 6 heteroatoms. The van der Waals surface area contributed by atoms with Gasteiger partial charge in [-0.05, 0) is 24.8 Å². The number of benzene rings is 1. The largest absolute Gasteiger partial charge is 0.353 e. The minimum absolute atomic E-state index is 0.0787. The summed E-state index contributed by atoms with van der Waals surface area (Å²) in [5, 5.41) is 14.0. The maximum Gasteiger partial charge on any atom is 0.271 e. The first-order chi connectivity index (χ1) is 8.61. The highest BCUT2D eigenvalue weighted by Crippen LogP contribution is 2.29. The third-order valence-corrected chi connectivity index (χ3v) is 3.39. The summed E-state index contributed by atoms with van der Waals surface area (Å²) in [5.41, 5.74) is 1.52. The van der Waals surface area contributed by atoms with Gasteiger partial charge in [0.25, 0.3) is 5.69 Å². The minimum Gasteiger partial charge on any atom is -0.353 e. The number of H-pyrrole nitrogens is 1. The predicted molar refractivity (Wildman–Crippen MR) is 68.6 cm³/mol. The van der Waals surface area contributed by atoms with Crippen LogP contribution in [0.1, 0.15) is 19.8 Å². The number of rotatable bonds is 3. The zero-order chi connectivity index (χ0) is 12.7. The first kappa shape index (κ1) is 11.0. The molecular formula is C12H14N4O2. The number of nitro groups is 1. The Hall–Kier alpha value is -2.11. The molecule has 0 saturated heterocycles. The van der Waals surface area contributed by atoms with Crippen molar-refractivity contribution in [2.75, 3.05) is 5.32 Å². The first-order valence-electron chi connectivity index (χ1n) is 6.02. The Kier molecular flexibility index (Phi) is 2.43. The van der Waals surface area contributed by atoms with Crippen molar-refractivity contribution in [1.82, 2.24) is 9.97 Å². The number of hydrogen-bond acceptors (Lipinski definition) is 4. The number of hydrogen-bond donors (Lipinski definition) is 2. The van der Waals surface area contributed by atoms with Gasteiger partial charge in [-0.15, -0.1) is 0 Å². The van der Waals surface area contributed by atoms with Crippen LogP contribution in [0.3, 0.4) is 0 Å². The SMILES string of the molecule is CC1CC(Nc2nc3ccc([N+](=O)[O-])cc3[nH]2)C1. The summed E-state index contributed by atoms with van der Waals surface area (Å²) in [6.07, 6.45) is 2.30. The van der Waals surface area contributed by atoms with E-state index in [-0.39, 0.29) is 5.69 Å². The fourth-order valence-corrected chi connectivity index (χ4v) is 2.39. The predicted octanol–water partition coefficient (Wildman–Crippen LogP) is 2.68. The number of aromatic amines is 1. The molecular weight excluding hydrogens is 232 g/mol. The Balaban J connectivity index is 1.84. The quantitative estimate of drug-likeness (QED) is 0.644. The third kappa shape index (κ3) is 1.90. The van der Waals surface area contributed by atoms with E-state index in [4.69, 9.17) is 0 Å². The third-order valence-electron chi connectivity index (χ3n) is 3.39. The number of anilines is 1. The van der Waals surface area contributed by atoms with Gasteiger partial charge in [-0.2, -0.15) is 0 Å². The molecule has 1 aliphatic rings. The lowest BCUT2D eigenvalue weighted by molar-refractivity contribution is -0.384. The molecule has 0 amide bonds. The Morgan fingerprint density at radius 1 is 1.50 bits per heavy atom. The maximum absolute atomic E-state index is 10.7. The lowest BCUT2D eigenvalue weighted by atomic mass is 9.82. The average Bonchev–Trinajstić information content (AvgIpc) is 2.67. The van der Waals surface area contributed by atoms with E-state index in [2.05, 4.69) is 22.2 Å². The molecule has 0 bridgehead atoms. The standard InChI is InChI=1S/C12H14N4O2/c1-7-4-8(5-7)13-12-14-10-3-2-9(16(17)18)6-11(10)15-12/h2-3,6-8H,4-5H2,1H3,(H2,13,14,15). The topological polar surface area (TPSA) is 83.8 Å². The minimum atomic E-state index is -0.402. The highest BCUT2D eigenvalue weighted by molar-refractivity contribution is 5.79. The van der Waals surface area contributed by atoms with Crippen LogP contribution in [0.4, 0.5) is 11.6 Å². The van der Waals surface area contributed by atoms with Gasteiger partial charge in [-0.1, -0.05) is 6.92 Å². The molecule has 18 heavy (non-hydrogen) atoms. The van der Waals surface area contributed by atoms with E-state index < -0.39 is 4.92 Å². The number of non-ortho nitro benzene ring substituents is 1. The van der Waals surface area contributed by atoms with Crippen molar-refractivity contribution < 1.29 is 4.92 Å². The summed E-state index contributed by atoms with van der Waals surface area (Å²) >= 11 is 0. The molecule has 0 atom stereocenters. The zero-order valence-electron chi connectivity index (χ0n) is 10.0. The van der Waals surface area contributed by atoms with E-state index in [1.165, 1.54) is 12.1 Å². The van der Waals surface area contributed by atoms with Gasteiger partial charge in [0.15, 0.2) is 0 Å². The number of fused-ring (bicyclic) bond motifs is 1. The van der Waals surface area contributed by atoms with Crippen molar-refractivity contribution >= 4 is 22.7 Å². The molecule has 1 aromatic heterocycles. The lowest BCUT2D eigenvalue weighted by Gasteiger charge is -2.33. The summed E-state index contributed by atoms with van der Waals surface area (Å²) in [7, 11) is 0. The number of aromatic nitrogens is 2. The molecule has 0 aliphatic heterocycles. The van der Waals surface area contributed by atoms with Gasteiger partial charge < -0.3 is 10.3 Å². The summed E-state index contributed by atoms with van der Waals surface area (Å²) in [6, 6.07) is 5.11. The summed E-state index contributed by atoms with van der Waals surface area (Å²) in [4.78, 5) is 17.7. The molecule has 3 rings (SSSR count). The van der Waals surface area contributed by atoms with Gasteiger partial charge in [0.2, 0.25) is 5.95 Å². The van der Waals surface area contributed by atoms with Gasteiger partial charge in [0.05, 0.1) is 16.0 Å². The van der Waals surface area contributed by atoms with E-state index in [1.807, 2.05) is 0 Å². The lowest BCUT2D eigenvalue weighted by Crippen LogP contribution is -2.34. The van der Waals surface area contributed by atoms with Crippen molar-refractivity contribution in [2.24, 2.45) is 5.92 Å². The van der Waals surface area contributed by atoms with Crippen molar-refractivity contribution in [3.05, 3.63) is 28.3 Å². The fraction of sp³-hybridized carbons (Fsp3) is 0.417. The van der Waals surface area contributed by atoms with E-state index >= 15 is 0 Å². The second-order valence-electron chi connectivity index (χ2n) is 4.96.